The summed E-state index contributed by atoms with van der Waals surface area (Å²) < 4.78 is 1.26. The molecule has 0 aromatic carbocycles. The van der Waals surface area contributed by atoms with Crippen molar-refractivity contribution in [1.29, 1.82) is 0 Å². The molecule has 14 heavy (non-hydrogen) atoms. The van der Waals surface area contributed by atoms with Crippen LogP contribution >= 0.6 is 39.0 Å². The molecule has 1 aliphatic rings. The third kappa shape index (κ3) is 2.18. The van der Waals surface area contributed by atoms with Crippen LogP contribution in [-0.2, 0) is 0 Å². The summed E-state index contributed by atoms with van der Waals surface area (Å²) in [6.45, 7) is 0. The van der Waals surface area contributed by atoms with Crippen molar-refractivity contribution in [2.24, 2.45) is 5.92 Å². The van der Waals surface area contributed by atoms with E-state index < -0.39 is 0 Å². The third-order valence-corrected chi connectivity index (χ3v) is 5.66. The molecule has 0 saturated carbocycles. The standard InChI is InChI=1S/C10H14BrNS2/c1-12-10(7-2-3-13-4-7)8-5-14-6-9(8)11/h5-7,10,12H,2-4H2,1H3. The average molecular weight is 292 g/mol. The molecule has 2 unspecified atom stereocenters. The maximum absolute atomic E-state index is 3.62. The van der Waals surface area contributed by atoms with Crippen molar-refractivity contribution in [3.63, 3.8) is 0 Å². The summed E-state index contributed by atoms with van der Waals surface area (Å²) in [6.07, 6.45) is 1.35. The highest BCUT2D eigenvalue weighted by molar-refractivity contribution is 9.10. The molecular weight excluding hydrogens is 278 g/mol. The predicted octanol–water partition coefficient (Wildman–Crippen LogP) is 3.52. The van der Waals surface area contributed by atoms with E-state index in [9.17, 15) is 0 Å². The Morgan fingerprint density at radius 3 is 2.93 bits per heavy atom. The van der Waals surface area contributed by atoms with Crippen LogP contribution in [0, 0.1) is 5.92 Å². The van der Waals surface area contributed by atoms with Crippen molar-refractivity contribution < 1.29 is 0 Å². The molecular formula is C10H14BrNS2. The van der Waals surface area contributed by atoms with E-state index >= 15 is 0 Å². The molecule has 1 saturated heterocycles. The Bertz CT molecular complexity index is 294. The van der Waals surface area contributed by atoms with Crippen LogP contribution in [0.25, 0.3) is 0 Å². The molecule has 0 bridgehead atoms. The fraction of sp³-hybridized carbons (Fsp3) is 0.600. The first-order chi connectivity index (χ1) is 6.83. The smallest absolute Gasteiger partial charge is 0.0373 e. The topological polar surface area (TPSA) is 12.0 Å². The molecule has 0 amide bonds. The normalized spacial score (nSPS) is 24.0. The summed E-state index contributed by atoms with van der Waals surface area (Å²) in [7, 11) is 2.07. The van der Waals surface area contributed by atoms with Crippen molar-refractivity contribution in [2.75, 3.05) is 18.6 Å². The van der Waals surface area contributed by atoms with E-state index in [-0.39, 0.29) is 0 Å². The van der Waals surface area contributed by atoms with Crippen LogP contribution in [0.2, 0.25) is 0 Å². The molecule has 0 spiro atoms. The number of hydrogen-bond donors (Lipinski definition) is 1. The van der Waals surface area contributed by atoms with E-state index in [4.69, 9.17) is 0 Å². The van der Waals surface area contributed by atoms with Crippen molar-refractivity contribution in [1.82, 2.24) is 5.32 Å². The maximum atomic E-state index is 3.62. The van der Waals surface area contributed by atoms with Gasteiger partial charge in [0.15, 0.2) is 0 Å². The molecule has 0 radical (unpaired) electrons. The Morgan fingerprint density at radius 1 is 1.57 bits per heavy atom. The second kappa shape index (κ2) is 5.01. The Balaban J connectivity index is 2.16. The van der Waals surface area contributed by atoms with E-state index in [1.54, 1.807) is 11.3 Å². The first-order valence-corrected chi connectivity index (χ1v) is 7.68. The van der Waals surface area contributed by atoms with E-state index in [2.05, 4.69) is 50.8 Å². The number of hydrogen-bond acceptors (Lipinski definition) is 3. The lowest BCUT2D eigenvalue weighted by Gasteiger charge is -2.22. The first-order valence-electron chi connectivity index (χ1n) is 4.79. The van der Waals surface area contributed by atoms with Crippen LogP contribution in [0.15, 0.2) is 15.2 Å². The van der Waals surface area contributed by atoms with E-state index in [0.29, 0.717) is 6.04 Å². The molecule has 1 fully saturated rings. The fourth-order valence-electron chi connectivity index (χ4n) is 1.97. The summed E-state index contributed by atoms with van der Waals surface area (Å²) >= 11 is 7.47. The van der Waals surface area contributed by atoms with Gasteiger partial charge in [-0.15, -0.1) is 0 Å². The zero-order valence-corrected chi connectivity index (χ0v) is 11.3. The monoisotopic (exact) mass is 291 g/mol. The van der Waals surface area contributed by atoms with E-state index in [0.717, 1.165) is 5.92 Å². The Kier molecular flexibility index (Phi) is 3.93. The molecule has 0 aliphatic carbocycles. The van der Waals surface area contributed by atoms with Gasteiger partial charge in [-0.3, -0.25) is 0 Å². The SMILES string of the molecule is CNC(c1cscc1Br)C1CCSC1. The number of halogens is 1. The summed E-state index contributed by atoms with van der Waals surface area (Å²) in [4.78, 5) is 0. The van der Waals surface area contributed by atoms with Crippen LogP contribution in [-0.4, -0.2) is 18.6 Å². The summed E-state index contributed by atoms with van der Waals surface area (Å²) in [5.74, 6) is 3.43. The minimum Gasteiger partial charge on any atom is -0.313 e. The molecule has 2 rings (SSSR count). The van der Waals surface area contributed by atoms with Gasteiger partial charge in [-0.25, -0.2) is 0 Å². The molecule has 1 nitrogen and oxygen atoms in total. The first kappa shape index (κ1) is 11.0. The van der Waals surface area contributed by atoms with Gasteiger partial charge in [0.2, 0.25) is 0 Å². The molecule has 1 aromatic rings. The lowest BCUT2D eigenvalue weighted by atomic mass is 9.94. The van der Waals surface area contributed by atoms with Crippen molar-refractivity contribution >= 4 is 39.0 Å². The fourth-order valence-corrected chi connectivity index (χ4v) is 4.85. The van der Waals surface area contributed by atoms with Crippen LogP contribution in [0.5, 0.6) is 0 Å². The number of rotatable bonds is 3. The lowest BCUT2D eigenvalue weighted by molar-refractivity contribution is 0.419. The second-order valence-corrected chi connectivity index (χ2v) is 6.31. The van der Waals surface area contributed by atoms with Crippen LogP contribution in [0.3, 0.4) is 0 Å². The second-order valence-electron chi connectivity index (χ2n) is 3.57. The van der Waals surface area contributed by atoms with Crippen LogP contribution in [0.1, 0.15) is 18.0 Å². The van der Waals surface area contributed by atoms with E-state index in [1.165, 1.54) is 28.0 Å². The molecule has 1 aliphatic heterocycles. The zero-order chi connectivity index (χ0) is 9.97. The van der Waals surface area contributed by atoms with Crippen molar-refractivity contribution in [3.05, 3.63) is 20.8 Å². The van der Waals surface area contributed by atoms with Gasteiger partial charge in [-0.05, 0) is 57.8 Å². The highest BCUT2D eigenvalue weighted by Gasteiger charge is 2.26. The van der Waals surface area contributed by atoms with Crippen LogP contribution in [0.4, 0.5) is 0 Å². The summed E-state index contributed by atoms with van der Waals surface area (Å²) in [5, 5.41) is 7.88. The molecule has 2 heterocycles. The Morgan fingerprint density at radius 2 is 2.43 bits per heavy atom. The largest absolute Gasteiger partial charge is 0.313 e. The molecule has 78 valence electrons. The highest BCUT2D eigenvalue weighted by Crippen LogP contribution is 2.37. The van der Waals surface area contributed by atoms with Crippen molar-refractivity contribution in [2.45, 2.75) is 12.5 Å². The van der Waals surface area contributed by atoms with Crippen LogP contribution < -0.4 is 5.32 Å². The summed E-state index contributed by atoms with van der Waals surface area (Å²) in [5.41, 5.74) is 1.44. The quantitative estimate of drug-likeness (QED) is 0.914. The zero-order valence-electron chi connectivity index (χ0n) is 8.13. The molecule has 1 aromatic heterocycles. The van der Waals surface area contributed by atoms with Gasteiger partial charge in [0, 0.05) is 15.9 Å². The van der Waals surface area contributed by atoms with Gasteiger partial charge >= 0.3 is 0 Å². The lowest BCUT2D eigenvalue weighted by Crippen LogP contribution is -2.24. The molecule has 2 atom stereocenters. The van der Waals surface area contributed by atoms with Gasteiger partial charge < -0.3 is 5.32 Å². The number of thioether (sulfide) groups is 1. The average Bonchev–Trinajstić information content (AvgIpc) is 2.80. The van der Waals surface area contributed by atoms with Gasteiger partial charge in [-0.1, -0.05) is 0 Å². The van der Waals surface area contributed by atoms with Gasteiger partial charge in [0.25, 0.3) is 0 Å². The van der Waals surface area contributed by atoms with Gasteiger partial charge in [0.05, 0.1) is 0 Å². The minimum absolute atomic E-state index is 0.533. The van der Waals surface area contributed by atoms with Gasteiger partial charge in [0.1, 0.15) is 0 Å². The predicted molar refractivity (Wildman–Crippen MR) is 69.3 cm³/mol. The van der Waals surface area contributed by atoms with Crippen molar-refractivity contribution in [3.8, 4) is 0 Å². The third-order valence-electron chi connectivity index (χ3n) is 2.72. The van der Waals surface area contributed by atoms with E-state index in [1.807, 2.05) is 0 Å². The maximum Gasteiger partial charge on any atom is 0.0373 e. The number of thiophene rings is 1. The summed E-state index contributed by atoms with van der Waals surface area (Å²) in [6, 6.07) is 0.533. The Hall–Kier alpha value is 0.490. The highest BCUT2D eigenvalue weighted by atomic mass is 79.9. The molecule has 1 N–H and O–H groups in total. The number of nitrogens with one attached hydrogen (secondary N) is 1. The minimum atomic E-state index is 0.533. The molecule has 4 heteroatoms. The Labute approximate surface area is 102 Å². The van der Waals surface area contributed by atoms with Gasteiger partial charge in [-0.2, -0.15) is 23.1 Å².